The van der Waals surface area contributed by atoms with Crippen molar-refractivity contribution in [1.29, 1.82) is 0 Å². The second-order valence-corrected chi connectivity index (χ2v) is 5.49. The topological polar surface area (TPSA) is 3.24 Å². The monoisotopic (exact) mass is 279 g/mol. The predicted octanol–water partition coefficient (Wildman–Crippen LogP) is 3.95. The summed E-state index contributed by atoms with van der Waals surface area (Å²) in [6.45, 7) is 1.36. The van der Waals surface area contributed by atoms with Crippen LogP contribution in [0, 0.1) is 18.2 Å². The van der Waals surface area contributed by atoms with E-state index in [4.69, 9.17) is 6.42 Å². The lowest BCUT2D eigenvalue weighted by atomic mass is 10.1. The van der Waals surface area contributed by atoms with E-state index in [1.54, 1.807) is 0 Å². The largest absolute Gasteiger partial charge is 0.281 e. The van der Waals surface area contributed by atoms with Gasteiger partial charge in [-0.2, -0.15) is 0 Å². The van der Waals surface area contributed by atoms with Crippen LogP contribution in [0.2, 0.25) is 0 Å². The molecule has 0 fully saturated rings. The molecule has 0 aromatic heterocycles. The van der Waals surface area contributed by atoms with Gasteiger partial charge in [0.1, 0.15) is 5.82 Å². The first-order valence-corrected chi connectivity index (χ1v) is 7.27. The fourth-order valence-corrected chi connectivity index (χ4v) is 3.13. The van der Waals surface area contributed by atoms with E-state index in [2.05, 4.69) is 35.1 Å². The third kappa shape index (κ3) is 2.99. The Labute approximate surface area is 125 Å². The molecule has 0 aliphatic heterocycles. The molecule has 106 valence electrons. The highest BCUT2D eigenvalue weighted by atomic mass is 19.1. The average Bonchev–Trinajstić information content (AvgIpc) is 2.93. The minimum absolute atomic E-state index is 0.200. The molecule has 0 N–H and O–H groups in total. The fraction of sp³-hybridized carbons (Fsp3) is 0.263. The zero-order chi connectivity index (χ0) is 14.7. The average molecular weight is 279 g/mol. The van der Waals surface area contributed by atoms with E-state index >= 15 is 0 Å². The normalized spacial score (nSPS) is 16.7. The molecule has 1 aliphatic rings. The van der Waals surface area contributed by atoms with Crippen LogP contribution in [0.5, 0.6) is 0 Å². The van der Waals surface area contributed by atoms with Gasteiger partial charge in [-0.1, -0.05) is 42.3 Å². The molecule has 0 radical (unpaired) electrons. The molecule has 21 heavy (non-hydrogen) atoms. The van der Waals surface area contributed by atoms with Crippen LogP contribution in [-0.4, -0.2) is 11.4 Å². The smallest absolute Gasteiger partial charge is 0.123 e. The molecule has 0 amide bonds. The zero-order valence-corrected chi connectivity index (χ0v) is 11.9. The number of hydrogen-bond donors (Lipinski definition) is 0. The van der Waals surface area contributed by atoms with Gasteiger partial charge in [0.15, 0.2) is 0 Å². The Morgan fingerprint density at radius 2 is 1.90 bits per heavy atom. The quantitative estimate of drug-likeness (QED) is 0.766. The summed E-state index contributed by atoms with van der Waals surface area (Å²) in [4.78, 5) is 2.30. The first-order chi connectivity index (χ1) is 10.3. The third-order valence-electron chi connectivity index (χ3n) is 4.14. The molecule has 0 saturated heterocycles. The number of fused-ring (bicyclic) bond motifs is 1. The molecular formula is C19H18FN. The van der Waals surface area contributed by atoms with Crippen LogP contribution in [-0.2, 0) is 13.0 Å². The molecule has 0 saturated carbocycles. The lowest BCUT2D eigenvalue weighted by molar-refractivity contribution is 0.213. The Kier molecular flexibility index (Phi) is 4.03. The summed E-state index contributed by atoms with van der Waals surface area (Å²) in [7, 11) is 0. The molecule has 2 aromatic carbocycles. The third-order valence-corrected chi connectivity index (χ3v) is 4.14. The maximum atomic E-state index is 13.0. The van der Waals surface area contributed by atoms with Crippen molar-refractivity contribution < 1.29 is 4.39 Å². The van der Waals surface area contributed by atoms with E-state index in [-0.39, 0.29) is 5.82 Å². The van der Waals surface area contributed by atoms with Crippen molar-refractivity contribution in [2.75, 3.05) is 6.54 Å². The first-order valence-electron chi connectivity index (χ1n) is 7.27. The minimum Gasteiger partial charge on any atom is -0.281 e. The number of hydrogen-bond acceptors (Lipinski definition) is 1. The highest BCUT2D eigenvalue weighted by Crippen LogP contribution is 2.36. The van der Waals surface area contributed by atoms with Crippen molar-refractivity contribution in [2.24, 2.45) is 0 Å². The van der Waals surface area contributed by atoms with E-state index in [0.717, 1.165) is 24.9 Å². The van der Waals surface area contributed by atoms with Crippen molar-refractivity contribution >= 4 is 0 Å². The lowest BCUT2D eigenvalue weighted by Gasteiger charge is -2.28. The lowest BCUT2D eigenvalue weighted by Crippen LogP contribution is -2.27. The molecule has 1 aliphatic carbocycles. The summed E-state index contributed by atoms with van der Waals surface area (Å²) in [6.07, 6.45) is 7.75. The molecule has 1 unspecified atom stereocenters. The second kappa shape index (κ2) is 6.11. The molecule has 0 spiro atoms. The predicted molar refractivity (Wildman–Crippen MR) is 83.1 cm³/mol. The number of benzene rings is 2. The van der Waals surface area contributed by atoms with Gasteiger partial charge >= 0.3 is 0 Å². The fourth-order valence-electron chi connectivity index (χ4n) is 3.13. The zero-order valence-electron chi connectivity index (χ0n) is 11.9. The van der Waals surface area contributed by atoms with Crippen LogP contribution in [0.4, 0.5) is 4.39 Å². The number of terminal acetylenes is 1. The van der Waals surface area contributed by atoms with Crippen LogP contribution >= 0.6 is 0 Å². The van der Waals surface area contributed by atoms with Crippen molar-refractivity contribution in [3.63, 3.8) is 0 Å². The number of nitrogens with zero attached hydrogens (tertiary/aromatic N) is 1. The molecule has 1 atom stereocenters. The van der Waals surface area contributed by atoms with Crippen molar-refractivity contribution in [3.05, 3.63) is 71.0 Å². The highest BCUT2D eigenvalue weighted by molar-refractivity contribution is 5.34. The molecule has 2 aromatic rings. The van der Waals surface area contributed by atoms with Crippen LogP contribution in [0.3, 0.4) is 0 Å². The summed E-state index contributed by atoms with van der Waals surface area (Å²) in [6, 6.07) is 15.6. The van der Waals surface area contributed by atoms with Crippen LogP contribution in [0.25, 0.3) is 0 Å². The Morgan fingerprint density at radius 3 is 2.67 bits per heavy atom. The van der Waals surface area contributed by atoms with Gasteiger partial charge in [0, 0.05) is 12.6 Å². The van der Waals surface area contributed by atoms with Crippen LogP contribution < -0.4 is 0 Å². The Hall–Kier alpha value is -2.11. The van der Waals surface area contributed by atoms with Gasteiger partial charge in [-0.05, 0) is 41.7 Å². The van der Waals surface area contributed by atoms with E-state index in [9.17, 15) is 4.39 Å². The maximum Gasteiger partial charge on any atom is 0.123 e. The number of halogens is 1. The van der Waals surface area contributed by atoms with Gasteiger partial charge in [-0.25, -0.2) is 4.39 Å². The molecule has 0 heterocycles. The molecule has 3 rings (SSSR count). The number of rotatable bonds is 4. The first kappa shape index (κ1) is 13.9. The standard InChI is InChI=1S/C19H18FN/c1-2-13-21(14-15-7-10-17(20)11-8-15)19-12-9-16-5-3-4-6-18(16)19/h1,3-8,10-11,19H,9,12-14H2. The van der Waals surface area contributed by atoms with Gasteiger partial charge in [0.05, 0.1) is 6.54 Å². The van der Waals surface area contributed by atoms with Crippen LogP contribution in [0.15, 0.2) is 48.5 Å². The summed E-state index contributed by atoms with van der Waals surface area (Å²) in [5.41, 5.74) is 3.90. The molecule has 2 heteroatoms. The van der Waals surface area contributed by atoms with Gasteiger partial charge in [-0.3, -0.25) is 4.90 Å². The highest BCUT2D eigenvalue weighted by Gasteiger charge is 2.27. The minimum atomic E-state index is -0.200. The van der Waals surface area contributed by atoms with Crippen molar-refractivity contribution in [1.82, 2.24) is 4.90 Å². The summed E-state index contributed by atoms with van der Waals surface area (Å²) < 4.78 is 13.0. The Balaban J connectivity index is 1.82. The van der Waals surface area contributed by atoms with Gasteiger partial charge in [0.2, 0.25) is 0 Å². The van der Waals surface area contributed by atoms with E-state index in [1.165, 1.54) is 23.3 Å². The van der Waals surface area contributed by atoms with Gasteiger partial charge in [0.25, 0.3) is 0 Å². The summed E-state index contributed by atoms with van der Waals surface area (Å²) >= 11 is 0. The maximum absolute atomic E-state index is 13.0. The van der Waals surface area contributed by atoms with E-state index in [1.807, 2.05) is 12.1 Å². The van der Waals surface area contributed by atoms with Crippen molar-refractivity contribution in [2.45, 2.75) is 25.4 Å². The Morgan fingerprint density at radius 1 is 1.14 bits per heavy atom. The summed E-state index contributed by atoms with van der Waals surface area (Å²) in [5, 5.41) is 0. The molecule has 0 bridgehead atoms. The van der Waals surface area contributed by atoms with Gasteiger partial charge < -0.3 is 0 Å². The van der Waals surface area contributed by atoms with Gasteiger partial charge in [-0.15, -0.1) is 6.42 Å². The summed E-state index contributed by atoms with van der Waals surface area (Å²) in [5.74, 6) is 2.56. The molecule has 1 nitrogen and oxygen atoms in total. The number of aryl methyl sites for hydroxylation is 1. The SMILES string of the molecule is C#CCN(Cc1ccc(F)cc1)C1CCc2ccccc21. The second-order valence-electron chi connectivity index (χ2n) is 5.49. The van der Waals surface area contributed by atoms with Crippen molar-refractivity contribution in [3.8, 4) is 12.3 Å². The van der Waals surface area contributed by atoms with Crippen LogP contribution in [0.1, 0.15) is 29.2 Å². The van der Waals surface area contributed by atoms with E-state index in [0.29, 0.717) is 12.6 Å². The van der Waals surface area contributed by atoms with E-state index < -0.39 is 0 Å². The molecular weight excluding hydrogens is 261 g/mol. The Bertz CT molecular complexity index is 654.